The zero-order chi connectivity index (χ0) is 15.2. The van der Waals surface area contributed by atoms with Gasteiger partial charge in [-0.1, -0.05) is 0 Å². The van der Waals surface area contributed by atoms with Gasteiger partial charge < -0.3 is 10.1 Å². The normalized spacial score (nSPS) is 10.4. The van der Waals surface area contributed by atoms with Gasteiger partial charge in [0.1, 0.15) is 0 Å². The molecule has 0 radical (unpaired) electrons. The maximum atomic E-state index is 10.9. The van der Waals surface area contributed by atoms with Crippen LogP contribution in [0.25, 0.3) is 0 Å². The maximum Gasteiger partial charge on any atom is 0.311 e. The fourth-order valence-electron chi connectivity index (χ4n) is 1.86. The molecule has 0 amide bonds. The molecule has 0 aliphatic rings. The first kappa shape index (κ1) is 15.8. The fraction of sp³-hybridized carbons (Fsp3) is 0.286. The first-order chi connectivity index (χ1) is 10.1. The minimum Gasteiger partial charge on any atom is -0.487 e. The predicted molar refractivity (Wildman–Crippen MR) is 88.5 cm³/mol. The molecular formula is C14H15BrN2O3S. The van der Waals surface area contributed by atoms with Gasteiger partial charge in [-0.15, -0.1) is 11.3 Å². The number of nitro groups is 1. The number of nitrogens with zero attached hydrogens (tertiary/aromatic N) is 1. The van der Waals surface area contributed by atoms with Gasteiger partial charge in [-0.05, 0) is 47.5 Å². The van der Waals surface area contributed by atoms with Gasteiger partial charge in [-0.2, -0.15) is 0 Å². The monoisotopic (exact) mass is 370 g/mol. The van der Waals surface area contributed by atoms with E-state index < -0.39 is 4.92 Å². The molecule has 0 fully saturated rings. The van der Waals surface area contributed by atoms with Crippen molar-refractivity contribution in [3.05, 3.63) is 49.1 Å². The van der Waals surface area contributed by atoms with Gasteiger partial charge in [0.05, 0.1) is 15.3 Å². The van der Waals surface area contributed by atoms with Crippen molar-refractivity contribution >= 4 is 38.6 Å². The molecule has 2 aromatic rings. The Morgan fingerprint density at radius 2 is 2.19 bits per heavy atom. The standard InChI is InChI=1S/C14H15BrN2O3S/c1-2-20-13-9-10(3-5-12(13)17(18)19)16-8-7-11-4-6-14(15)21-11/h3-6,9,16H,2,7-8H2,1H3. The third-order valence-electron chi connectivity index (χ3n) is 2.79. The molecule has 0 aliphatic heterocycles. The summed E-state index contributed by atoms with van der Waals surface area (Å²) in [4.78, 5) is 11.8. The first-order valence-electron chi connectivity index (χ1n) is 6.49. The van der Waals surface area contributed by atoms with Crippen LogP contribution in [-0.2, 0) is 6.42 Å². The van der Waals surface area contributed by atoms with Crippen LogP contribution in [0.4, 0.5) is 11.4 Å². The highest BCUT2D eigenvalue weighted by Gasteiger charge is 2.15. The fourth-order valence-corrected chi connectivity index (χ4v) is 3.34. The SMILES string of the molecule is CCOc1cc(NCCc2ccc(Br)s2)ccc1[N+](=O)[O-]. The van der Waals surface area contributed by atoms with E-state index in [-0.39, 0.29) is 5.69 Å². The minimum atomic E-state index is -0.433. The van der Waals surface area contributed by atoms with Crippen molar-refractivity contribution in [2.75, 3.05) is 18.5 Å². The van der Waals surface area contributed by atoms with Crippen LogP contribution < -0.4 is 10.1 Å². The smallest absolute Gasteiger partial charge is 0.311 e. The molecule has 7 heteroatoms. The Bertz CT molecular complexity index is 630. The summed E-state index contributed by atoms with van der Waals surface area (Å²) in [6.07, 6.45) is 0.900. The molecule has 0 saturated carbocycles. The third kappa shape index (κ3) is 4.44. The highest BCUT2D eigenvalue weighted by Crippen LogP contribution is 2.30. The lowest BCUT2D eigenvalue weighted by Gasteiger charge is -2.09. The van der Waals surface area contributed by atoms with Crippen LogP contribution in [0, 0.1) is 10.1 Å². The Balaban J connectivity index is 1.99. The van der Waals surface area contributed by atoms with E-state index in [9.17, 15) is 10.1 Å². The number of nitrogens with one attached hydrogen (secondary N) is 1. The zero-order valence-corrected chi connectivity index (χ0v) is 13.9. The number of rotatable bonds is 7. The molecule has 0 bridgehead atoms. The molecule has 1 heterocycles. The second kappa shape index (κ2) is 7.42. The van der Waals surface area contributed by atoms with E-state index in [4.69, 9.17) is 4.74 Å². The van der Waals surface area contributed by atoms with Crippen LogP contribution in [-0.4, -0.2) is 18.1 Å². The Morgan fingerprint density at radius 3 is 2.81 bits per heavy atom. The number of thiophene rings is 1. The van der Waals surface area contributed by atoms with Gasteiger partial charge in [-0.3, -0.25) is 10.1 Å². The Labute approximate surface area is 135 Å². The van der Waals surface area contributed by atoms with Gasteiger partial charge in [0, 0.05) is 29.2 Å². The third-order valence-corrected chi connectivity index (χ3v) is 4.47. The van der Waals surface area contributed by atoms with E-state index in [1.807, 2.05) is 6.07 Å². The van der Waals surface area contributed by atoms with Crippen molar-refractivity contribution in [3.8, 4) is 5.75 Å². The predicted octanol–water partition coefficient (Wildman–Crippen LogP) is 4.47. The van der Waals surface area contributed by atoms with Crippen molar-refractivity contribution in [2.24, 2.45) is 0 Å². The van der Waals surface area contributed by atoms with Gasteiger partial charge in [0.25, 0.3) is 0 Å². The van der Waals surface area contributed by atoms with Crippen LogP contribution in [0.3, 0.4) is 0 Å². The molecule has 2 rings (SSSR count). The molecule has 0 unspecified atom stereocenters. The number of ether oxygens (including phenoxy) is 1. The molecule has 1 aromatic carbocycles. The van der Waals surface area contributed by atoms with E-state index in [1.54, 1.807) is 30.4 Å². The Kier molecular flexibility index (Phi) is 5.58. The summed E-state index contributed by atoms with van der Waals surface area (Å²) in [7, 11) is 0. The molecule has 0 spiro atoms. The molecule has 1 aromatic heterocycles. The van der Waals surface area contributed by atoms with Crippen molar-refractivity contribution in [1.29, 1.82) is 0 Å². The summed E-state index contributed by atoms with van der Waals surface area (Å²) >= 11 is 5.14. The molecule has 5 nitrogen and oxygen atoms in total. The van der Waals surface area contributed by atoms with E-state index in [1.165, 1.54) is 10.9 Å². The minimum absolute atomic E-state index is 0.00964. The van der Waals surface area contributed by atoms with Crippen LogP contribution in [0.15, 0.2) is 34.1 Å². The molecule has 21 heavy (non-hydrogen) atoms. The van der Waals surface area contributed by atoms with Crippen molar-refractivity contribution in [2.45, 2.75) is 13.3 Å². The summed E-state index contributed by atoms with van der Waals surface area (Å²) in [5.74, 6) is 0.298. The van der Waals surface area contributed by atoms with Gasteiger partial charge in [-0.25, -0.2) is 0 Å². The molecule has 112 valence electrons. The second-order valence-electron chi connectivity index (χ2n) is 4.26. The molecule has 0 atom stereocenters. The Hall–Kier alpha value is -1.60. The average molecular weight is 371 g/mol. The van der Waals surface area contributed by atoms with Crippen LogP contribution in [0.5, 0.6) is 5.75 Å². The maximum absolute atomic E-state index is 10.9. The van der Waals surface area contributed by atoms with Gasteiger partial charge in [0.2, 0.25) is 0 Å². The second-order valence-corrected chi connectivity index (χ2v) is 6.80. The summed E-state index contributed by atoms with van der Waals surface area (Å²) in [6.45, 7) is 2.96. The lowest BCUT2D eigenvalue weighted by atomic mass is 10.2. The number of benzene rings is 1. The number of anilines is 1. The summed E-state index contributed by atoms with van der Waals surface area (Å²) in [5, 5.41) is 14.2. The van der Waals surface area contributed by atoms with Gasteiger partial charge in [0.15, 0.2) is 5.75 Å². The first-order valence-corrected chi connectivity index (χ1v) is 8.10. The number of hydrogen-bond acceptors (Lipinski definition) is 5. The van der Waals surface area contributed by atoms with Crippen molar-refractivity contribution < 1.29 is 9.66 Å². The van der Waals surface area contributed by atoms with E-state index >= 15 is 0 Å². The summed E-state index contributed by atoms with van der Waals surface area (Å²) in [6, 6.07) is 8.95. The molecular weight excluding hydrogens is 356 g/mol. The number of hydrogen-bond donors (Lipinski definition) is 1. The van der Waals surface area contributed by atoms with E-state index in [0.29, 0.717) is 12.4 Å². The quantitative estimate of drug-likeness (QED) is 0.576. The summed E-state index contributed by atoms with van der Waals surface area (Å²) in [5.41, 5.74) is 0.809. The highest BCUT2D eigenvalue weighted by atomic mass is 79.9. The zero-order valence-electron chi connectivity index (χ0n) is 11.5. The number of nitro benzene ring substituents is 1. The highest BCUT2D eigenvalue weighted by molar-refractivity contribution is 9.11. The van der Waals surface area contributed by atoms with E-state index in [2.05, 4.69) is 27.3 Å². The number of halogens is 1. The van der Waals surface area contributed by atoms with E-state index in [0.717, 1.165) is 22.4 Å². The lowest BCUT2D eigenvalue weighted by molar-refractivity contribution is -0.385. The van der Waals surface area contributed by atoms with Crippen molar-refractivity contribution in [1.82, 2.24) is 0 Å². The van der Waals surface area contributed by atoms with Crippen LogP contribution >= 0.6 is 27.3 Å². The lowest BCUT2D eigenvalue weighted by Crippen LogP contribution is -2.05. The molecule has 0 aliphatic carbocycles. The average Bonchev–Trinajstić information content (AvgIpc) is 2.85. The Morgan fingerprint density at radius 1 is 1.38 bits per heavy atom. The summed E-state index contributed by atoms with van der Waals surface area (Å²) < 4.78 is 6.44. The largest absolute Gasteiger partial charge is 0.487 e. The topological polar surface area (TPSA) is 64.4 Å². The van der Waals surface area contributed by atoms with Crippen molar-refractivity contribution in [3.63, 3.8) is 0 Å². The molecule has 0 saturated heterocycles. The molecule has 1 N–H and O–H groups in total. The van der Waals surface area contributed by atoms with Gasteiger partial charge >= 0.3 is 5.69 Å². The van der Waals surface area contributed by atoms with Crippen LogP contribution in [0.1, 0.15) is 11.8 Å². The van der Waals surface area contributed by atoms with Crippen LogP contribution in [0.2, 0.25) is 0 Å².